The summed E-state index contributed by atoms with van der Waals surface area (Å²) in [6.07, 6.45) is 7.28. The molecule has 1 aliphatic rings. The lowest BCUT2D eigenvalue weighted by Crippen LogP contribution is -2.22. The van der Waals surface area contributed by atoms with Gasteiger partial charge in [0.05, 0.1) is 17.0 Å². The number of rotatable bonds is 5. The highest BCUT2D eigenvalue weighted by Crippen LogP contribution is 2.43. The maximum absolute atomic E-state index is 14.6. The Kier molecular flexibility index (Phi) is 5.18. The van der Waals surface area contributed by atoms with Crippen LogP contribution in [0.3, 0.4) is 0 Å². The van der Waals surface area contributed by atoms with Crippen molar-refractivity contribution in [1.82, 2.24) is 4.98 Å². The molecule has 142 valence electrons. The summed E-state index contributed by atoms with van der Waals surface area (Å²) in [5.41, 5.74) is 1.11. The largest absolute Gasteiger partial charge is 0.465 e. The van der Waals surface area contributed by atoms with E-state index in [1.54, 1.807) is 48.3 Å². The summed E-state index contributed by atoms with van der Waals surface area (Å²) >= 11 is 4.35. The Bertz CT molecular complexity index is 1090. The van der Waals surface area contributed by atoms with Crippen molar-refractivity contribution in [2.75, 3.05) is 13.4 Å². The number of thiophene rings is 1. The van der Waals surface area contributed by atoms with E-state index in [2.05, 4.69) is 4.99 Å². The second kappa shape index (κ2) is 7.62. The van der Waals surface area contributed by atoms with Crippen molar-refractivity contribution in [2.24, 2.45) is 4.99 Å². The molecule has 1 aromatic carbocycles. The molecule has 0 bridgehead atoms. The molecule has 1 unspecified atom stereocenters. The van der Waals surface area contributed by atoms with Gasteiger partial charge in [-0.1, -0.05) is 18.2 Å². The first-order valence-corrected chi connectivity index (χ1v) is 11.2. The van der Waals surface area contributed by atoms with Crippen molar-refractivity contribution in [3.63, 3.8) is 0 Å². The monoisotopic (exact) mass is 430 g/mol. The molecule has 8 heteroatoms. The Labute approximate surface area is 173 Å². The van der Waals surface area contributed by atoms with Gasteiger partial charge in [0.1, 0.15) is 15.7 Å². The average molecular weight is 431 g/mol. The van der Waals surface area contributed by atoms with Gasteiger partial charge < -0.3 is 4.74 Å². The van der Waals surface area contributed by atoms with Crippen LogP contribution in [-0.4, -0.2) is 30.5 Å². The molecule has 0 saturated carbocycles. The number of carbonyl (C=O) groups is 1. The zero-order valence-electron chi connectivity index (χ0n) is 15.0. The summed E-state index contributed by atoms with van der Waals surface area (Å²) in [6.45, 7) is 0. The lowest BCUT2D eigenvalue weighted by Gasteiger charge is -2.22. The maximum Gasteiger partial charge on any atom is 0.348 e. The van der Waals surface area contributed by atoms with E-state index in [0.717, 1.165) is 15.5 Å². The summed E-state index contributed by atoms with van der Waals surface area (Å²) in [4.78, 5) is 21.8. The molecule has 3 aromatic rings. The number of benzene rings is 1. The predicted octanol–water partition coefficient (Wildman–Crippen LogP) is 5.40. The van der Waals surface area contributed by atoms with Gasteiger partial charge in [-0.3, -0.25) is 4.99 Å². The molecule has 4 nitrogen and oxygen atoms in total. The summed E-state index contributed by atoms with van der Waals surface area (Å²) in [5, 5.41) is 2.60. The molecule has 0 amide bonds. The topological polar surface area (TPSA) is 51.5 Å². The van der Waals surface area contributed by atoms with Crippen LogP contribution in [0.2, 0.25) is 0 Å². The fourth-order valence-corrected chi connectivity index (χ4v) is 5.80. The molecule has 2 aromatic heterocycles. The number of ether oxygens (including phenoxy) is 1. The molecular weight excluding hydrogens is 415 g/mol. The number of carbonyl (C=O) groups excluding carboxylic acids is 1. The molecule has 1 aliphatic heterocycles. The summed E-state index contributed by atoms with van der Waals surface area (Å²) < 4.78 is 20.4. The van der Waals surface area contributed by atoms with Crippen LogP contribution < -0.4 is 0 Å². The van der Waals surface area contributed by atoms with E-state index >= 15 is 0 Å². The third kappa shape index (κ3) is 3.11. The molecule has 0 N–H and O–H groups in total. The zero-order valence-corrected chi connectivity index (χ0v) is 17.5. The number of aliphatic imine (C=N–C) groups is 1. The van der Waals surface area contributed by atoms with Crippen LogP contribution >= 0.6 is 34.4 Å². The fourth-order valence-electron chi connectivity index (χ4n) is 3.04. The van der Waals surface area contributed by atoms with Crippen molar-refractivity contribution in [3.05, 3.63) is 69.1 Å². The quantitative estimate of drug-likeness (QED) is 0.402. The molecule has 0 saturated heterocycles. The number of nitrogens with zero attached hydrogens (tertiary/aromatic N) is 2. The molecule has 0 aliphatic carbocycles. The van der Waals surface area contributed by atoms with E-state index in [1.165, 1.54) is 35.8 Å². The Morgan fingerprint density at radius 3 is 2.82 bits per heavy atom. The molecule has 0 radical (unpaired) electrons. The molecular formula is C20H15FN2O2S3. The second-order valence-corrected chi connectivity index (χ2v) is 8.91. The Balaban J connectivity index is 1.80. The van der Waals surface area contributed by atoms with Crippen LogP contribution in [0.5, 0.6) is 0 Å². The smallest absolute Gasteiger partial charge is 0.348 e. The standard InChI is InChI=1S/C20H15FN2O2S3/c1-25-17(24)16-10-12(18(26-2)28-16)15-11-27-19(23-15)20(8-5-9-22-20)13-6-3-4-7-14(13)21/h3-11H,1-2H3. The summed E-state index contributed by atoms with van der Waals surface area (Å²) in [5.74, 6) is -0.690. The number of thiazole rings is 1. The van der Waals surface area contributed by atoms with Gasteiger partial charge in [-0.05, 0) is 30.5 Å². The van der Waals surface area contributed by atoms with Crippen LogP contribution in [0.1, 0.15) is 20.2 Å². The minimum Gasteiger partial charge on any atom is -0.465 e. The van der Waals surface area contributed by atoms with Gasteiger partial charge >= 0.3 is 5.97 Å². The predicted molar refractivity (Wildman–Crippen MR) is 113 cm³/mol. The number of methoxy groups -OCH3 is 1. The highest BCUT2D eigenvalue weighted by atomic mass is 32.2. The van der Waals surface area contributed by atoms with Gasteiger partial charge in [0, 0.05) is 22.7 Å². The van der Waals surface area contributed by atoms with Gasteiger partial charge in [-0.2, -0.15) is 0 Å². The SMILES string of the molecule is COC(=O)c1cc(-c2csc(C3(c4ccccc4F)C=CC=N3)n2)c(SC)s1. The number of esters is 1. The number of allylic oxidation sites excluding steroid dienone is 1. The first-order chi connectivity index (χ1) is 13.6. The van der Waals surface area contributed by atoms with Gasteiger partial charge in [0.15, 0.2) is 5.54 Å². The van der Waals surface area contributed by atoms with Crippen LogP contribution in [0.4, 0.5) is 4.39 Å². The number of hydrogen-bond acceptors (Lipinski definition) is 7. The molecule has 28 heavy (non-hydrogen) atoms. The van der Waals surface area contributed by atoms with E-state index in [-0.39, 0.29) is 11.8 Å². The third-order valence-corrected chi connectivity index (χ3v) is 7.58. The van der Waals surface area contributed by atoms with Crippen LogP contribution in [0.25, 0.3) is 11.3 Å². The minimum atomic E-state index is -0.963. The number of aromatic nitrogens is 1. The average Bonchev–Trinajstić information content (AvgIpc) is 3.46. The van der Waals surface area contributed by atoms with E-state index in [1.807, 2.05) is 17.7 Å². The first kappa shape index (κ1) is 19.0. The number of thioether (sulfide) groups is 1. The van der Waals surface area contributed by atoms with Crippen LogP contribution in [-0.2, 0) is 10.3 Å². The summed E-state index contributed by atoms with van der Waals surface area (Å²) in [6, 6.07) is 8.42. The van der Waals surface area contributed by atoms with Crippen molar-refractivity contribution < 1.29 is 13.9 Å². The first-order valence-electron chi connectivity index (χ1n) is 8.29. The van der Waals surface area contributed by atoms with E-state index < -0.39 is 5.54 Å². The van der Waals surface area contributed by atoms with Gasteiger partial charge in [-0.15, -0.1) is 34.4 Å². The third-order valence-electron chi connectivity index (χ3n) is 4.36. The molecule has 3 heterocycles. The maximum atomic E-state index is 14.6. The van der Waals surface area contributed by atoms with Gasteiger partial charge in [0.2, 0.25) is 0 Å². The van der Waals surface area contributed by atoms with Crippen molar-refractivity contribution in [3.8, 4) is 11.3 Å². The molecule has 4 rings (SSSR count). The Hall–Kier alpha value is -2.29. The fraction of sp³-hybridized carbons (Fsp3) is 0.150. The zero-order chi connectivity index (χ0) is 19.7. The van der Waals surface area contributed by atoms with Gasteiger partial charge in [0.25, 0.3) is 0 Å². The molecule has 1 atom stereocenters. The van der Waals surface area contributed by atoms with E-state index in [4.69, 9.17) is 9.72 Å². The number of halogens is 1. The van der Waals surface area contributed by atoms with Crippen molar-refractivity contribution in [2.45, 2.75) is 9.75 Å². The summed E-state index contributed by atoms with van der Waals surface area (Å²) in [7, 11) is 1.37. The van der Waals surface area contributed by atoms with Crippen LogP contribution in [0, 0.1) is 5.82 Å². The normalized spacial score (nSPS) is 18.0. The lowest BCUT2D eigenvalue weighted by molar-refractivity contribution is 0.0606. The van der Waals surface area contributed by atoms with Crippen molar-refractivity contribution in [1.29, 1.82) is 0 Å². The Morgan fingerprint density at radius 1 is 1.32 bits per heavy atom. The molecule has 0 fully saturated rings. The van der Waals surface area contributed by atoms with E-state index in [0.29, 0.717) is 15.4 Å². The van der Waals surface area contributed by atoms with Crippen molar-refractivity contribution >= 4 is 46.6 Å². The Morgan fingerprint density at radius 2 is 2.14 bits per heavy atom. The second-order valence-electron chi connectivity index (χ2n) is 5.93. The highest BCUT2D eigenvalue weighted by molar-refractivity contribution is 8.00. The molecule has 0 spiro atoms. The highest BCUT2D eigenvalue weighted by Gasteiger charge is 2.38. The van der Waals surface area contributed by atoms with Gasteiger partial charge in [-0.25, -0.2) is 14.2 Å². The lowest BCUT2D eigenvalue weighted by atomic mass is 9.91. The van der Waals surface area contributed by atoms with E-state index in [9.17, 15) is 9.18 Å². The number of hydrogen-bond donors (Lipinski definition) is 0. The van der Waals surface area contributed by atoms with Crippen LogP contribution in [0.15, 0.2) is 57.1 Å². The minimum absolute atomic E-state index is 0.323.